The van der Waals surface area contributed by atoms with Crippen molar-refractivity contribution in [3.63, 3.8) is 0 Å². The Morgan fingerprint density at radius 2 is 1.97 bits per heavy atom. The van der Waals surface area contributed by atoms with Crippen molar-refractivity contribution in [2.75, 3.05) is 6.54 Å². The molecule has 2 aromatic rings. The van der Waals surface area contributed by atoms with Crippen LogP contribution in [0.3, 0.4) is 0 Å². The monoisotopic (exact) mass is 421 g/mol. The van der Waals surface area contributed by atoms with Gasteiger partial charge < -0.3 is 15.2 Å². The number of hydrogen-bond acceptors (Lipinski definition) is 4. The fourth-order valence-electron chi connectivity index (χ4n) is 3.35. The van der Waals surface area contributed by atoms with Crippen molar-refractivity contribution in [2.24, 2.45) is 4.99 Å². The number of nitrogens with one attached hydrogen (secondary N) is 2. The third-order valence-electron chi connectivity index (χ3n) is 5.14. The van der Waals surface area contributed by atoms with Crippen molar-refractivity contribution in [3.05, 3.63) is 59.2 Å². The summed E-state index contributed by atoms with van der Waals surface area (Å²) in [6, 6.07) is 5.81. The third-order valence-corrected chi connectivity index (χ3v) is 5.14. The van der Waals surface area contributed by atoms with Gasteiger partial charge in [-0.15, -0.1) is 0 Å². The van der Waals surface area contributed by atoms with Crippen molar-refractivity contribution in [1.82, 2.24) is 20.2 Å². The van der Waals surface area contributed by atoms with Crippen LogP contribution in [0.5, 0.6) is 0 Å². The molecule has 1 aliphatic rings. The van der Waals surface area contributed by atoms with Crippen LogP contribution in [-0.4, -0.2) is 33.7 Å². The summed E-state index contributed by atoms with van der Waals surface area (Å²) in [5, 5.41) is 5.43. The number of aliphatic imine (C=N–C) groups is 1. The van der Waals surface area contributed by atoms with Gasteiger partial charge in [-0.3, -0.25) is 14.6 Å². The summed E-state index contributed by atoms with van der Waals surface area (Å²) in [6.07, 6.45) is 8.21. The highest BCUT2D eigenvalue weighted by Gasteiger charge is 2.17. The zero-order valence-electron chi connectivity index (χ0n) is 19.0. The zero-order chi connectivity index (χ0) is 22.6. The number of rotatable bonds is 6. The van der Waals surface area contributed by atoms with E-state index in [1.54, 1.807) is 12.3 Å². The SMILES string of the molecule is CCCc1ccc(C2=CCC(NC(=O)CNC(=O)c3ccn(C(C)(C)C)c3)=N2)nc1C. The van der Waals surface area contributed by atoms with Crippen LogP contribution in [0.2, 0.25) is 0 Å². The highest BCUT2D eigenvalue weighted by molar-refractivity contribution is 6.05. The van der Waals surface area contributed by atoms with E-state index in [-0.39, 0.29) is 23.9 Å². The first-order valence-electron chi connectivity index (χ1n) is 10.7. The van der Waals surface area contributed by atoms with Crippen LogP contribution in [0.15, 0.2) is 41.7 Å². The average molecular weight is 422 g/mol. The van der Waals surface area contributed by atoms with Crippen LogP contribution in [0.4, 0.5) is 0 Å². The van der Waals surface area contributed by atoms with Crippen LogP contribution >= 0.6 is 0 Å². The minimum absolute atomic E-state index is 0.106. The van der Waals surface area contributed by atoms with Crippen LogP contribution < -0.4 is 10.6 Å². The van der Waals surface area contributed by atoms with E-state index in [0.29, 0.717) is 17.8 Å². The van der Waals surface area contributed by atoms with Crippen LogP contribution in [0, 0.1) is 6.92 Å². The van der Waals surface area contributed by atoms with E-state index in [1.165, 1.54) is 5.56 Å². The van der Waals surface area contributed by atoms with Gasteiger partial charge in [0.05, 0.1) is 23.5 Å². The van der Waals surface area contributed by atoms with Gasteiger partial charge in [0.2, 0.25) is 5.91 Å². The van der Waals surface area contributed by atoms with Crippen molar-refractivity contribution in [2.45, 2.75) is 59.4 Å². The molecule has 3 heterocycles. The molecule has 0 saturated carbocycles. The normalized spacial score (nSPS) is 13.6. The summed E-state index contributed by atoms with van der Waals surface area (Å²) in [7, 11) is 0. The summed E-state index contributed by atoms with van der Waals surface area (Å²) in [5.74, 6) is -0.0261. The maximum atomic E-state index is 12.3. The van der Waals surface area contributed by atoms with E-state index >= 15 is 0 Å². The number of aromatic nitrogens is 2. The van der Waals surface area contributed by atoms with Gasteiger partial charge in [-0.25, -0.2) is 4.99 Å². The first-order valence-corrected chi connectivity index (χ1v) is 10.7. The summed E-state index contributed by atoms with van der Waals surface area (Å²) in [5.41, 5.74) is 4.24. The second-order valence-corrected chi connectivity index (χ2v) is 8.75. The second-order valence-electron chi connectivity index (χ2n) is 8.75. The lowest BCUT2D eigenvalue weighted by Gasteiger charge is -2.20. The van der Waals surface area contributed by atoms with Crippen molar-refractivity contribution >= 4 is 23.3 Å². The molecular weight excluding hydrogens is 390 g/mol. The van der Waals surface area contributed by atoms with Gasteiger partial charge in [0.25, 0.3) is 5.91 Å². The van der Waals surface area contributed by atoms with Crippen LogP contribution in [-0.2, 0) is 16.8 Å². The highest BCUT2D eigenvalue weighted by Crippen LogP contribution is 2.22. The quantitative estimate of drug-likeness (QED) is 0.747. The molecule has 0 unspecified atom stereocenters. The number of hydrogen-bond donors (Lipinski definition) is 2. The Balaban J connectivity index is 1.53. The molecule has 0 aliphatic carbocycles. The zero-order valence-corrected chi connectivity index (χ0v) is 19.0. The molecule has 7 heteroatoms. The summed E-state index contributed by atoms with van der Waals surface area (Å²) < 4.78 is 1.97. The number of aryl methyl sites for hydroxylation is 2. The summed E-state index contributed by atoms with van der Waals surface area (Å²) in [6.45, 7) is 10.2. The maximum absolute atomic E-state index is 12.3. The molecule has 3 rings (SSSR count). The Morgan fingerprint density at radius 3 is 2.61 bits per heavy atom. The Hall–Kier alpha value is -3.22. The Morgan fingerprint density at radius 1 is 1.19 bits per heavy atom. The van der Waals surface area contributed by atoms with E-state index in [4.69, 9.17) is 0 Å². The van der Waals surface area contributed by atoms with E-state index in [0.717, 1.165) is 29.9 Å². The third kappa shape index (κ3) is 5.69. The molecule has 0 bridgehead atoms. The number of amidine groups is 1. The maximum Gasteiger partial charge on any atom is 0.253 e. The van der Waals surface area contributed by atoms with Gasteiger partial charge in [-0.05, 0) is 57.9 Å². The van der Waals surface area contributed by atoms with Gasteiger partial charge in [0, 0.05) is 30.0 Å². The lowest BCUT2D eigenvalue weighted by molar-refractivity contribution is -0.118. The van der Waals surface area contributed by atoms with Crippen molar-refractivity contribution in [1.29, 1.82) is 0 Å². The van der Waals surface area contributed by atoms with Gasteiger partial charge in [-0.2, -0.15) is 0 Å². The standard InChI is InChI=1S/C24H31N5O2/c1-6-7-17-8-9-19(26-16(17)2)20-10-11-21(27-20)28-22(30)14-25-23(31)18-12-13-29(15-18)24(3,4)5/h8-10,12-13,15H,6-7,11,14H2,1-5H3,(H,25,31)(H,27,28,30). The molecule has 2 N–H and O–H groups in total. The average Bonchev–Trinajstić information content (AvgIpc) is 3.37. The lowest BCUT2D eigenvalue weighted by atomic mass is 10.1. The van der Waals surface area contributed by atoms with Crippen LogP contribution in [0.25, 0.3) is 5.70 Å². The molecule has 7 nitrogen and oxygen atoms in total. The topological polar surface area (TPSA) is 88.4 Å². The Kier molecular flexibility index (Phi) is 6.73. The van der Waals surface area contributed by atoms with E-state index in [9.17, 15) is 9.59 Å². The minimum atomic E-state index is -0.306. The largest absolute Gasteiger partial charge is 0.348 e. The molecule has 31 heavy (non-hydrogen) atoms. The minimum Gasteiger partial charge on any atom is -0.348 e. The van der Waals surface area contributed by atoms with Gasteiger partial charge in [0.15, 0.2) is 0 Å². The molecule has 0 spiro atoms. The molecule has 1 aliphatic heterocycles. The molecular formula is C24H31N5O2. The fourth-order valence-corrected chi connectivity index (χ4v) is 3.35. The van der Waals surface area contributed by atoms with E-state index in [2.05, 4.69) is 54.4 Å². The molecule has 0 fully saturated rings. The number of carbonyl (C=O) groups excluding carboxylic acids is 2. The Labute approximate surface area is 183 Å². The number of pyridine rings is 1. The first-order chi connectivity index (χ1) is 14.7. The smallest absolute Gasteiger partial charge is 0.253 e. The van der Waals surface area contributed by atoms with Gasteiger partial charge >= 0.3 is 0 Å². The summed E-state index contributed by atoms with van der Waals surface area (Å²) >= 11 is 0. The molecule has 0 saturated heterocycles. The molecule has 2 aromatic heterocycles. The first kappa shape index (κ1) is 22.5. The second kappa shape index (κ2) is 9.29. The molecule has 0 radical (unpaired) electrons. The fraction of sp³-hybridized carbons (Fsp3) is 0.417. The predicted octanol–water partition coefficient (Wildman–Crippen LogP) is 3.59. The van der Waals surface area contributed by atoms with E-state index in [1.807, 2.05) is 29.8 Å². The van der Waals surface area contributed by atoms with Crippen molar-refractivity contribution < 1.29 is 9.59 Å². The summed E-state index contributed by atoms with van der Waals surface area (Å²) in [4.78, 5) is 33.7. The molecule has 2 amide bonds. The van der Waals surface area contributed by atoms with Gasteiger partial charge in [-0.1, -0.05) is 19.4 Å². The van der Waals surface area contributed by atoms with Crippen molar-refractivity contribution in [3.8, 4) is 0 Å². The Bertz CT molecular complexity index is 1040. The molecule has 0 aromatic carbocycles. The molecule has 164 valence electrons. The van der Waals surface area contributed by atoms with Gasteiger partial charge in [0.1, 0.15) is 5.84 Å². The lowest BCUT2D eigenvalue weighted by Crippen LogP contribution is -2.39. The number of carbonyl (C=O) groups is 2. The number of nitrogens with zero attached hydrogens (tertiary/aromatic N) is 3. The predicted molar refractivity (Wildman–Crippen MR) is 123 cm³/mol. The van der Waals surface area contributed by atoms with Crippen LogP contribution in [0.1, 0.15) is 67.8 Å². The number of amides is 2. The highest BCUT2D eigenvalue weighted by atomic mass is 16.2. The molecule has 0 atom stereocenters. The van der Waals surface area contributed by atoms with E-state index < -0.39 is 0 Å².